The fraction of sp³-hybridized carbons (Fsp3) is 0.647. The molecule has 1 aromatic rings. The Bertz CT molecular complexity index is 574. The molecule has 2 heterocycles. The van der Waals surface area contributed by atoms with Crippen LogP contribution in [0.3, 0.4) is 0 Å². The average molecular weight is 328 g/mol. The molecule has 1 fully saturated rings. The van der Waals surface area contributed by atoms with Crippen molar-refractivity contribution in [2.45, 2.75) is 44.3 Å². The summed E-state index contributed by atoms with van der Waals surface area (Å²) < 4.78 is 46.3. The van der Waals surface area contributed by atoms with Gasteiger partial charge in [-0.2, -0.15) is 13.2 Å². The van der Waals surface area contributed by atoms with E-state index in [-0.39, 0.29) is 12.0 Å². The Balaban J connectivity index is 2.02. The first-order valence-corrected chi connectivity index (χ1v) is 8.25. The largest absolute Gasteiger partial charge is 0.494 e. The molecule has 0 bridgehead atoms. The van der Waals surface area contributed by atoms with E-state index in [1.807, 2.05) is 17.9 Å². The third-order valence-electron chi connectivity index (χ3n) is 4.88. The van der Waals surface area contributed by atoms with Crippen LogP contribution in [0.1, 0.15) is 43.2 Å². The molecule has 0 saturated carbocycles. The van der Waals surface area contributed by atoms with Crippen LogP contribution in [0.15, 0.2) is 12.1 Å². The van der Waals surface area contributed by atoms with Crippen LogP contribution in [-0.4, -0.2) is 32.8 Å². The van der Waals surface area contributed by atoms with Crippen molar-refractivity contribution in [2.75, 3.05) is 31.6 Å². The number of rotatable bonds is 4. The van der Waals surface area contributed by atoms with Gasteiger partial charge in [-0.1, -0.05) is 13.3 Å². The highest BCUT2D eigenvalue weighted by Crippen LogP contribution is 2.50. The fourth-order valence-corrected chi connectivity index (χ4v) is 3.73. The maximum absolute atomic E-state index is 13.6. The van der Waals surface area contributed by atoms with Crippen molar-refractivity contribution in [1.82, 2.24) is 5.32 Å². The lowest BCUT2D eigenvalue weighted by atomic mass is 9.89. The number of unbranched alkanes of at least 4 members (excludes halogenated alkanes) is 1. The van der Waals surface area contributed by atoms with Gasteiger partial charge in [0, 0.05) is 25.6 Å². The van der Waals surface area contributed by atoms with Crippen LogP contribution >= 0.6 is 0 Å². The first-order chi connectivity index (χ1) is 10.9. The van der Waals surface area contributed by atoms with E-state index >= 15 is 0 Å². The second-order valence-electron chi connectivity index (χ2n) is 6.39. The van der Waals surface area contributed by atoms with E-state index < -0.39 is 11.7 Å². The minimum absolute atomic E-state index is 0.0968. The summed E-state index contributed by atoms with van der Waals surface area (Å²) in [4.78, 5) is 1.82. The first-order valence-electron chi connectivity index (χ1n) is 8.25. The van der Waals surface area contributed by atoms with Gasteiger partial charge in [0.05, 0.1) is 17.9 Å². The molecule has 0 aliphatic carbocycles. The topological polar surface area (TPSA) is 24.5 Å². The second-order valence-corrected chi connectivity index (χ2v) is 6.39. The summed E-state index contributed by atoms with van der Waals surface area (Å²) in [6, 6.07) is 3.11. The molecule has 2 aliphatic rings. The molecule has 2 unspecified atom stereocenters. The molecule has 128 valence electrons. The van der Waals surface area contributed by atoms with Crippen LogP contribution in [0, 0.1) is 0 Å². The zero-order valence-corrected chi connectivity index (χ0v) is 13.5. The van der Waals surface area contributed by atoms with Crippen LogP contribution in [0.25, 0.3) is 0 Å². The maximum atomic E-state index is 13.6. The maximum Gasteiger partial charge on any atom is 0.418 e. The number of nitrogens with zero attached hydrogens (tertiary/aromatic N) is 1. The van der Waals surface area contributed by atoms with Gasteiger partial charge in [0.25, 0.3) is 0 Å². The third kappa shape index (κ3) is 3.01. The molecule has 0 radical (unpaired) electrons. The molecule has 2 aliphatic heterocycles. The number of likely N-dealkylation sites (N-methyl/N-ethyl adjacent to an activating group) is 1. The Labute approximate surface area is 134 Å². The molecule has 3 rings (SSSR count). The van der Waals surface area contributed by atoms with Crippen molar-refractivity contribution in [3.63, 3.8) is 0 Å². The fourth-order valence-electron chi connectivity index (χ4n) is 3.73. The summed E-state index contributed by atoms with van der Waals surface area (Å²) in [5, 5.41) is 3.30. The average Bonchev–Trinajstić information content (AvgIpc) is 2.80. The van der Waals surface area contributed by atoms with Crippen molar-refractivity contribution in [3.8, 4) is 5.75 Å². The number of hydrogen-bond donors (Lipinski definition) is 1. The Hall–Kier alpha value is -1.43. The van der Waals surface area contributed by atoms with Gasteiger partial charge in [0.1, 0.15) is 5.75 Å². The summed E-state index contributed by atoms with van der Waals surface area (Å²) in [6.07, 6.45) is -1.72. The molecule has 1 N–H and O–H groups in total. The normalized spacial score (nSPS) is 23.6. The Morgan fingerprint density at radius 2 is 2.13 bits per heavy atom. The zero-order chi connectivity index (χ0) is 16.6. The van der Waals surface area contributed by atoms with Crippen molar-refractivity contribution in [3.05, 3.63) is 23.3 Å². The van der Waals surface area contributed by atoms with E-state index in [9.17, 15) is 13.2 Å². The van der Waals surface area contributed by atoms with E-state index in [0.29, 0.717) is 18.0 Å². The Morgan fingerprint density at radius 3 is 2.83 bits per heavy atom. The summed E-state index contributed by atoms with van der Waals surface area (Å²) >= 11 is 0. The zero-order valence-electron chi connectivity index (χ0n) is 13.5. The van der Waals surface area contributed by atoms with Gasteiger partial charge in [-0.3, -0.25) is 0 Å². The number of alkyl halides is 3. The SMILES string of the molecule is CCCCOc1cc2c(c(C(F)(F)F)c1)N(C)C1CCNCC21. The number of fused-ring (bicyclic) bond motifs is 3. The monoisotopic (exact) mass is 328 g/mol. The molecule has 3 nitrogen and oxygen atoms in total. The molecule has 0 spiro atoms. The standard InChI is InChI=1S/C17H23F3N2O/c1-3-4-7-23-11-8-12-13-10-21-6-5-15(13)22(2)16(12)14(9-11)17(18,19)20/h8-9,13,15,21H,3-7,10H2,1-2H3. The number of anilines is 1. The highest BCUT2D eigenvalue weighted by molar-refractivity contribution is 5.69. The van der Waals surface area contributed by atoms with Crippen molar-refractivity contribution in [1.29, 1.82) is 0 Å². The molecular weight excluding hydrogens is 305 g/mol. The van der Waals surface area contributed by atoms with E-state index in [1.54, 1.807) is 7.05 Å². The number of hydrogen-bond acceptors (Lipinski definition) is 3. The summed E-state index contributed by atoms with van der Waals surface area (Å²) in [6.45, 7) is 4.05. The molecule has 23 heavy (non-hydrogen) atoms. The molecule has 2 atom stereocenters. The molecule has 6 heteroatoms. The lowest BCUT2D eigenvalue weighted by molar-refractivity contribution is -0.137. The summed E-state index contributed by atoms with van der Waals surface area (Å²) in [7, 11) is 1.78. The van der Waals surface area contributed by atoms with E-state index in [0.717, 1.165) is 44.0 Å². The minimum Gasteiger partial charge on any atom is -0.494 e. The van der Waals surface area contributed by atoms with Gasteiger partial charge in [-0.15, -0.1) is 0 Å². The molecule has 0 aromatic heterocycles. The third-order valence-corrected chi connectivity index (χ3v) is 4.88. The number of nitrogens with one attached hydrogen (secondary N) is 1. The smallest absolute Gasteiger partial charge is 0.418 e. The van der Waals surface area contributed by atoms with Gasteiger partial charge in [-0.05, 0) is 37.1 Å². The van der Waals surface area contributed by atoms with E-state index in [4.69, 9.17) is 4.74 Å². The summed E-state index contributed by atoms with van der Waals surface area (Å²) in [5.74, 6) is 0.434. The molecule has 1 aromatic carbocycles. The summed E-state index contributed by atoms with van der Waals surface area (Å²) in [5.41, 5.74) is 0.531. The lowest BCUT2D eigenvalue weighted by Gasteiger charge is -2.31. The first kappa shape index (κ1) is 16.4. The van der Waals surface area contributed by atoms with Gasteiger partial charge in [0.2, 0.25) is 0 Å². The Kier molecular flexibility index (Phi) is 4.45. The van der Waals surface area contributed by atoms with Crippen LogP contribution in [0.5, 0.6) is 5.75 Å². The van der Waals surface area contributed by atoms with E-state index in [2.05, 4.69) is 5.32 Å². The molecule has 1 saturated heterocycles. The van der Waals surface area contributed by atoms with Crippen molar-refractivity contribution >= 4 is 5.69 Å². The number of ether oxygens (including phenoxy) is 1. The van der Waals surface area contributed by atoms with Crippen LogP contribution in [-0.2, 0) is 6.18 Å². The highest BCUT2D eigenvalue weighted by atomic mass is 19.4. The molecular formula is C17H23F3N2O. The molecule has 0 amide bonds. The van der Waals surface area contributed by atoms with Crippen LogP contribution in [0.2, 0.25) is 0 Å². The second kappa shape index (κ2) is 6.23. The quantitative estimate of drug-likeness (QED) is 0.851. The van der Waals surface area contributed by atoms with E-state index in [1.165, 1.54) is 0 Å². The van der Waals surface area contributed by atoms with Crippen molar-refractivity contribution in [2.24, 2.45) is 0 Å². The lowest BCUT2D eigenvalue weighted by Crippen LogP contribution is -2.42. The van der Waals surface area contributed by atoms with Crippen molar-refractivity contribution < 1.29 is 17.9 Å². The predicted octanol–water partition coefficient (Wildman–Crippen LogP) is 3.78. The number of benzene rings is 1. The number of piperidine rings is 1. The van der Waals surface area contributed by atoms with Gasteiger partial charge >= 0.3 is 6.18 Å². The van der Waals surface area contributed by atoms with Gasteiger partial charge in [0.15, 0.2) is 0 Å². The minimum atomic E-state index is -4.37. The van der Waals surface area contributed by atoms with Gasteiger partial charge < -0.3 is 15.0 Å². The van der Waals surface area contributed by atoms with Gasteiger partial charge in [-0.25, -0.2) is 0 Å². The Morgan fingerprint density at radius 1 is 1.35 bits per heavy atom. The van der Waals surface area contributed by atoms with Crippen LogP contribution in [0.4, 0.5) is 18.9 Å². The predicted molar refractivity (Wildman–Crippen MR) is 84.3 cm³/mol. The van der Waals surface area contributed by atoms with Crippen LogP contribution < -0.4 is 15.0 Å². The highest BCUT2D eigenvalue weighted by Gasteiger charge is 2.45. The number of halogens is 3.